The normalized spacial score (nSPS) is 10.9. The molecule has 0 saturated heterocycles. The molecule has 112 valence electrons. The van der Waals surface area contributed by atoms with Crippen LogP contribution in [0.1, 0.15) is 36.7 Å². The molecule has 1 aromatic carbocycles. The Kier molecular flexibility index (Phi) is 4.99. The standard InChI is InChI=1S/C14H19N5O2/c1-10(2)14-16-17-18-19(14)8-13(21)15-7-11-5-3-4-6-12(11)9-20/h3-6,10,20H,7-9H2,1-2H3,(H,15,21). The first-order valence-electron chi connectivity index (χ1n) is 6.82. The number of nitrogens with zero attached hydrogens (tertiary/aromatic N) is 4. The van der Waals surface area contributed by atoms with Gasteiger partial charge in [-0.2, -0.15) is 0 Å². The number of tetrazole rings is 1. The number of aliphatic hydroxyl groups is 1. The maximum absolute atomic E-state index is 12.0. The molecule has 0 spiro atoms. The van der Waals surface area contributed by atoms with Gasteiger partial charge in [-0.3, -0.25) is 4.79 Å². The third kappa shape index (κ3) is 3.85. The number of benzene rings is 1. The van der Waals surface area contributed by atoms with E-state index in [1.807, 2.05) is 38.1 Å². The van der Waals surface area contributed by atoms with Gasteiger partial charge in [0.05, 0.1) is 6.61 Å². The smallest absolute Gasteiger partial charge is 0.242 e. The van der Waals surface area contributed by atoms with Crippen molar-refractivity contribution < 1.29 is 9.90 Å². The number of aromatic nitrogens is 4. The molecule has 0 aliphatic rings. The monoisotopic (exact) mass is 289 g/mol. The first-order chi connectivity index (χ1) is 10.1. The summed E-state index contributed by atoms with van der Waals surface area (Å²) < 4.78 is 1.50. The molecule has 1 heterocycles. The average Bonchev–Trinajstić information content (AvgIpc) is 2.93. The van der Waals surface area contributed by atoms with Gasteiger partial charge in [0.1, 0.15) is 6.54 Å². The zero-order valence-electron chi connectivity index (χ0n) is 12.2. The van der Waals surface area contributed by atoms with Crippen LogP contribution in [-0.2, 0) is 24.5 Å². The van der Waals surface area contributed by atoms with Crippen molar-refractivity contribution >= 4 is 5.91 Å². The van der Waals surface area contributed by atoms with Crippen LogP contribution in [-0.4, -0.2) is 31.2 Å². The molecule has 2 N–H and O–H groups in total. The second kappa shape index (κ2) is 6.94. The molecule has 1 amide bonds. The van der Waals surface area contributed by atoms with Crippen LogP contribution in [0.4, 0.5) is 0 Å². The SMILES string of the molecule is CC(C)c1nnnn1CC(=O)NCc1ccccc1CO. The minimum atomic E-state index is -0.169. The summed E-state index contributed by atoms with van der Waals surface area (Å²) in [4.78, 5) is 12.0. The Bertz CT molecular complexity index is 609. The summed E-state index contributed by atoms with van der Waals surface area (Å²) in [5.41, 5.74) is 1.71. The quantitative estimate of drug-likeness (QED) is 0.812. The van der Waals surface area contributed by atoms with Crippen molar-refractivity contribution in [2.24, 2.45) is 0 Å². The topological polar surface area (TPSA) is 92.9 Å². The van der Waals surface area contributed by atoms with Gasteiger partial charge in [-0.05, 0) is 21.6 Å². The minimum Gasteiger partial charge on any atom is -0.392 e. The molecule has 0 atom stereocenters. The van der Waals surface area contributed by atoms with E-state index in [2.05, 4.69) is 20.8 Å². The van der Waals surface area contributed by atoms with Gasteiger partial charge in [-0.25, -0.2) is 4.68 Å². The summed E-state index contributed by atoms with van der Waals surface area (Å²) in [6.07, 6.45) is 0. The van der Waals surface area contributed by atoms with Crippen molar-refractivity contribution in [2.75, 3.05) is 0 Å². The maximum Gasteiger partial charge on any atom is 0.242 e. The van der Waals surface area contributed by atoms with E-state index < -0.39 is 0 Å². The van der Waals surface area contributed by atoms with E-state index in [1.165, 1.54) is 4.68 Å². The summed E-state index contributed by atoms with van der Waals surface area (Å²) >= 11 is 0. The number of carbonyl (C=O) groups excluding carboxylic acids is 1. The van der Waals surface area contributed by atoms with Crippen molar-refractivity contribution in [3.63, 3.8) is 0 Å². The van der Waals surface area contributed by atoms with Crippen molar-refractivity contribution in [1.82, 2.24) is 25.5 Å². The molecule has 7 heteroatoms. The maximum atomic E-state index is 12.0. The molecule has 0 fully saturated rings. The summed E-state index contributed by atoms with van der Waals surface area (Å²) in [7, 11) is 0. The highest BCUT2D eigenvalue weighted by atomic mass is 16.3. The van der Waals surface area contributed by atoms with Crippen molar-refractivity contribution in [1.29, 1.82) is 0 Å². The van der Waals surface area contributed by atoms with Crippen LogP contribution in [0.3, 0.4) is 0 Å². The average molecular weight is 289 g/mol. The fourth-order valence-corrected chi connectivity index (χ4v) is 2.01. The van der Waals surface area contributed by atoms with Crippen molar-refractivity contribution in [3.8, 4) is 0 Å². The lowest BCUT2D eigenvalue weighted by molar-refractivity contribution is -0.122. The van der Waals surface area contributed by atoms with E-state index in [1.54, 1.807) is 0 Å². The van der Waals surface area contributed by atoms with Crippen LogP contribution in [0.25, 0.3) is 0 Å². The molecule has 7 nitrogen and oxygen atoms in total. The number of aliphatic hydroxyl groups excluding tert-OH is 1. The molecule has 0 aliphatic heterocycles. The van der Waals surface area contributed by atoms with E-state index in [4.69, 9.17) is 0 Å². The third-order valence-electron chi connectivity index (χ3n) is 3.13. The number of amides is 1. The Morgan fingerprint density at radius 1 is 1.33 bits per heavy atom. The second-order valence-corrected chi connectivity index (χ2v) is 5.05. The van der Waals surface area contributed by atoms with Crippen molar-refractivity contribution in [2.45, 2.75) is 39.5 Å². The number of nitrogens with one attached hydrogen (secondary N) is 1. The lowest BCUT2D eigenvalue weighted by Gasteiger charge is -2.10. The Hall–Kier alpha value is -2.28. The van der Waals surface area contributed by atoms with Gasteiger partial charge in [0.2, 0.25) is 5.91 Å². The molecule has 0 bridgehead atoms. The highest BCUT2D eigenvalue weighted by Gasteiger charge is 2.13. The van der Waals surface area contributed by atoms with Gasteiger partial charge in [0.25, 0.3) is 0 Å². The zero-order chi connectivity index (χ0) is 15.2. The fraction of sp³-hybridized carbons (Fsp3) is 0.429. The van der Waals surface area contributed by atoms with E-state index in [0.717, 1.165) is 11.1 Å². The number of rotatable bonds is 6. The molecule has 0 unspecified atom stereocenters. The molecule has 2 aromatic rings. The largest absolute Gasteiger partial charge is 0.392 e. The Balaban J connectivity index is 1.95. The van der Waals surface area contributed by atoms with Gasteiger partial charge in [0, 0.05) is 12.5 Å². The highest BCUT2D eigenvalue weighted by molar-refractivity contribution is 5.75. The van der Waals surface area contributed by atoms with E-state index in [9.17, 15) is 9.90 Å². The second-order valence-electron chi connectivity index (χ2n) is 5.05. The number of hydrogen-bond acceptors (Lipinski definition) is 5. The predicted molar refractivity (Wildman–Crippen MR) is 76.1 cm³/mol. The highest BCUT2D eigenvalue weighted by Crippen LogP contribution is 2.09. The molecular weight excluding hydrogens is 270 g/mol. The first kappa shape index (κ1) is 15.1. The number of hydrogen-bond donors (Lipinski definition) is 2. The summed E-state index contributed by atoms with van der Waals surface area (Å²) in [6.45, 7) is 4.35. The lowest BCUT2D eigenvalue weighted by atomic mass is 10.1. The van der Waals surface area contributed by atoms with Crippen LogP contribution in [0.5, 0.6) is 0 Å². The Morgan fingerprint density at radius 3 is 2.71 bits per heavy atom. The molecule has 1 aromatic heterocycles. The lowest BCUT2D eigenvalue weighted by Crippen LogP contribution is -2.28. The van der Waals surface area contributed by atoms with Crippen molar-refractivity contribution in [3.05, 3.63) is 41.2 Å². The van der Waals surface area contributed by atoms with E-state index >= 15 is 0 Å². The molecule has 0 saturated carbocycles. The Morgan fingerprint density at radius 2 is 2.05 bits per heavy atom. The van der Waals surface area contributed by atoms with Gasteiger partial charge in [-0.15, -0.1) is 5.10 Å². The zero-order valence-corrected chi connectivity index (χ0v) is 12.2. The van der Waals surface area contributed by atoms with Crippen LogP contribution in [0, 0.1) is 0 Å². The van der Waals surface area contributed by atoms with Crippen LogP contribution >= 0.6 is 0 Å². The summed E-state index contributed by atoms with van der Waals surface area (Å²) in [6, 6.07) is 7.44. The number of carbonyl (C=O) groups is 1. The Labute approximate surface area is 123 Å². The molecule has 0 aliphatic carbocycles. The van der Waals surface area contributed by atoms with Gasteiger partial charge >= 0.3 is 0 Å². The van der Waals surface area contributed by atoms with Crippen LogP contribution < -0.4 is 5.32 Å². The summed E-state index contributed by atoms with van der Waals surface area (Å²) in [5, 5.41) is 23.4. The molecule has 21 heavy (non-hydrogen) atoms. The van der Waals surface area contributed by atoms with E-state index in [-0.39, 0.29) is 25.0 Å². The van der Waals surface area contributed by atoms with Crippen LogP contribution in [0.15, 0.2) is 24.3 Å². The van der Waals surface area contributed by atoms with Gasteiger partial charge in [0.15, 0.2) is 5.82 Å². The molecule has 0 radical (unpaired) electrons. The van der Waals surface area contributed by atoms with E-state index in [0.29, 0.717) is 12.4 Å². The van der Waals surface area contributed by atoms with Gasteiger partial charge in [-0.1, -0.05) is 38.1 Å². The third-order valence-corrected chi connectivity index (χ3v) is 3.13. The van der Waals surface area contributed by atoms with Gasteiger partial charge < -0.3 is 10.4 Å². The molecule has 2 rings (SSSR count). The molecular formula is C14H19N5O2. The fourth-order valence-electron chi connectivity index (χ4n) is 2.01. The first-order valence-corrected chi connectivity index (χ1v) is 6.82. The minimum absolute atomic E-state index is 0.0451. The predicted octanol–water partition coefficient (Wildman–Crippen LogP) is 0.605. The van der Waals surface area contributed by atoms with Crippen LogP contribution in [0.2, 0.25) is 0 Å². The summed E-state index contributed by atoms with van der Waals surface area (Å²) in [5.74, 6) is 0.667.